The third-order valence-electron chi connectivity index (χ3n) is 4.71. The molecule has 0 radical (unpaired) electrons. The molecule has 0 atom stereocenters. The van der Waals surface area contributed by atoms with Gasteiger partial charge < -0.3 is 20.4 Å². The van der Waals surface area contributed by atoms with Crippen molar-refractivity contribution in [2.45, 2.75) is 12.1 Å². The average Bonchev–Trinajstić information content (AvgIpc) is 2.73. The van der Waals surface area contributed by atoms with E-state index in [1.807, 2.05) is 0 Å². The van der Waals surface area contributed by atoms with Crippen molar-refractivity contribution in [1.82, 2.24) is 14.8 Å². The summed E-state index contributed by atoms with van der Waals surface area (Å²) in [5.41, 5.74) is -3.92. The standard InChI is InChI=1S/C21H14F3N3O5/c22-11-6-8-12(9-7-11)27-19(28)14-4-2-10-25-17(14)18(26-27)13-3-1-5-15(20(23,29)30)16(13)21(24,31)32/h1-10,29-32H. The van der Waals surface area contributed by atoms with Crippen LogP contribution in [0.2, 0.25) is 0 Å². The van der Waals surface area contributed by atoms with Gasteiger partial charge in [-0.2, -0.15) is 18.6 Å². The third kappa shape index (κ3) is 3.74. The minimum atomic E-state index is -4.23. The molecule has 0 fully saturated rings. The minimum Gasteiger partial charge on any atom is -0.336 e. The van der Waals surface area contributed by atoms with Crippen molar-refractivity contribution >= 4 is 10.9 Å². The van der Waals surface area contributed by atoms with E-state index in [1.54, 1.807) is 0 Å². The Hall–Kier alpha value is -3.64. The quantitative estimate of drug-likeness (QED) is 0.352. The number of aromatic nitrogens is 3. The molecule has 4 rings (SSSR count). The molecule has 164 valence electrons. The van der Waals surface area contributed by atoms with Crippen LogP contribution in [0.4, 0.5) is 13.2 Å². The lowest BCUT2D eigenvalue weighted by atomic mass is 9.95. The maximum absolute atomic E-state index is 14.4. The topological polar surface area (TPSA) is 129 Å². The SMILES string of the molecule is O=c1c2cccnc2c(-c2cccc(C(O)(O)F)c2C(O)(O)F)nn1-c1ccc(F)cc1. The molecule has 0 aliphatic heterocycles. The number of aliphatic hydroxyl groups is 4. The lowest BCUT2D eigenvalue weighted by Gasteiger charge is -2.23. The molecule has 4 N–H and O–H groups in total. The van der Waals surface area contributed by atoms with Gasteiger partial charge in [0.2, 0.25) is 0 Å². The number of rotatable bonds is 4. The number of fused-ring (bicyclic) bond motifs is 1. The van der Waals surface area contributed by atoms with Gasteiger partial charge in [0.1, 0.15) is 17.0 Å². The molecule has 11 heteroatoms. The van der Waals surface area contributed by atoms with Crippen molar-refractivity contribution in [2.24, 2.45) is 0 Å². The fourth-order valence-electron chi connectivity index (χ4n) is 3.37. The number of alkyl halides is 2. The molecule has 2 aromatic heterocycles. The van der Waals surface area contributed by atoms with E-state index in [9.17, 15) is 38.4 Å². The normalized spacial score (nSPS) is 12.3. The zero-order valence-electron chi connectivity index (χ0n) is 15.9. The van der Waals surface area contributed by atoms with Gasteiger partial charge in [-0.05, 0) is 36.4 Å². The van der Waals surface area contributed by atoms with Crippen molar-refractivity contribution in [3.05, 3.63) is 88.1 Å². The van der Waals surface area contributed by atoms with E-state index in [0.717, 1.165) is 35.0 Å². The van der Waals surface area contributed by atoms with Crippen LogP contribution in [0.25, 0.3) is 27.8 Å². The Kier molecular flexibility index (Phi) is 5.06. The Morgan fingerprint density at radius 2 is 1.56 bits per heavy atom. The van der Waals surface area contributed by atoms with Gasteiger partial charge in [-0.3, -0.25) is 9.78 Å². The van der Waals surface area contributed by atoms with Crippen LogP contribution in [0.15, 0.2) is 65.6 Å². The monoisotopic (exact) mass is 445 g/mol. The Balaban J connectivity index is 2.14. The summed E-state index contributed by atoms with van der Waals surface area (Å²) in [6, 6.07) is 2.01. The molecule has 0 saturated heterocycles. The van der Waals surface area contributed by atoms with E-state index in [1.165, 1.54) is 30.5 Å². The van der Waals surface area contributed by atoms with Crippen LogP contribution in [0, 0.1) is 5.82 Å². The molecule has 0 aliphatic rings. The van der Waals surface area contributed by atoms with E-state index < -0.39 is 40.1 Å². The lowest BCUT2D eigenvalue weighted by Crippen LogP contribution is -2.29. The highest BCUT2D eigenvalue weighted by Crippen LogP contribution is 2.39. The summed E-state index contributed by atoms with van der Waals surface area (Å²) in [5.74, 6) is -0.576. The van der Waals surface area contributed by atoms with Crippen LogP contribution in [0.1, 0.15) is 11.1 Å². The van der Waals surface area contributed by atoms with Crippen LogP contribution in [-0.4, -0.2) is 35.2 Å². The number of benzene rings is 2. The van der Waals surface area contributed by atoms with Crippen molar-refractivity contribution in [1.29, 1.82) is 0 Å². The fraction of sp³-hybridized carbons (Fsp3) is 0.0952. The first kappa shape index (κ1) is 21.6. The summed E-state index contributed by atoms with van der Waals surface area (Å²) in [7, 11) is 0. The number of hydrogen-bond donors (Lipinski definition) is 4. The van der Waals surface area contributed by atoms with Crippen LogP contribution in [0.3, 0.4) is 0 Å². The molecular formula is C21H14F3N3O5. The molecule has 2 heterocycles. The molecule has 2 aromatic carbocycles. The fourth-order valence-corrected chi connectivity index (χ4v) is 3.37. The van der Waals surface area contributed by atoms with Gasteiger partial charge in [-0.1, -0.05) is 18.2 Å². The van der Waals surface area contributed by atoms with E-state index >= 15 is 0 Å². The first-order chi connectivity index (χ1) is 15.0. The predicted octanol–water partition coefficient (Wildman–Crippen LogP) is 1.72. The summed E-state index contributed by atoms with van der Waals surface area (Å²) in [4.78, 5) is 17.0. The van der Waals surface area contributed by atoms with Gasteiger partial charge in [0, 0.05) is 11.8 Å². The highest BCUT2D eigenvalue weighted by Gasteiger charge is 2.40. The van der Waals surface area contributed by atoms with E-state index in [4.69, 9.17) is 0 Å². The maximum atomic E-state index is 14.4. The largest absolute Gasteiger partial charge is 0.345 e. The molecule has 0 unspecified atom stereocenters. The highest BCUT2D eigenvalue weighted by molar-refractivity contribution is 5.91. The zero-order valence-corrected chi connectivity index (χ0v) is 15.9. The smallest absolute Gasteiger partial charge is 0.336 e. The molecule has 32 heavy (non-hydrogen) atoms. The first-order valence-electron chi connectivity index (χ1n) is 9.04. The molecule has 0 aliphatic carbocycles. The Labute approximate surface area is 177 Å². The maximum Gasteiger partial charge on any atom is 0.345 e. The summed E-state index contributed by atoms with van der Waals surface area (Å²) in [5, 5.41) is 42.2. The Bertz CT molecular complexity index is 1380. The molecule has 0 amide bonds. The molecular weight excluding hydrogens is 431 g/mol. The minimum absolute atomic E-state index is 0.0296. The summed E-state index contributed by atoms with van der Waals surface area (Å²) >= 11 is 0. The van der Waals surface area contributed by atoms with E-state index in [2.05, 4.69) is 10.1 Å². The highest BCUT2D eigenvalue weighted by atomic mass is 19.2. The molecule has 8 nitrogen and oxygen atoms in total. The van der Waals surface area contributed by atoms with Crippen molar-refractivity contribution in [2.75, 3.05) is 0 Å². The number of hydrogen-bond acceptors (Lipinski definition) is 7. The number of pyridine rings is 1. The van der Waals surface area contributed by atoms with Gasteiger partial charge in [0.15, 0.2) is 0 Å². The third-order valence-corrected chi connectivity index (χ3v) is 4.71. The van der Waals surface area contributed by atoms with Crippen molar-refractivity contribution in [3.63, 3.8) is 0 Å². The van der Waals surface area contributed by atoms with Crippen molar-refractivity contribution < 1.29 is 33.6 Å². The van der Waals surface area contributed by atoms with Gasteiger partial charge in [0.25, 0.3) is 5.56 Å². The predicted molar refractivity (Wildman–Crippen MR) is 105 cm³/mol. The Morgan fingerprint density at radius 1 is 0.875 bits per heavy atom. The number of nitrogens with zero attached hydrogens (tertiary/aromatic N) is 3. The Morgan fingerprint density at radius 3 is 2.19 bits per heavy atom. The second-order valence-corrected chi connectivity index (χ2v) is 6.84. The zero-order chi connectivity index (χ0) is 23.3. The van der Waals surface area contributed by atoms with Crippen LogP contribution >= 0.6 is 0 Å². The second kappa shape index (κ2) is 7.50. The van der Waals surface area contributed by atoms with Gasteiger partial charge in [-0.15, -0.1) is 0 Å². The lowest BCUT2D eigenvalue weighted by molar-refractivity contribution is -0.290. The second-order valence-electron chi connectivity index (χ2n) is 6.84. The van der Waals surface area contributed by atoms with Gasteiger partial charge in [-0.25, -0.2) is 4.39 Å². The van der Waals surface area contributed by atoms with Crippen LogP contribution in [0.5, 0.6) is 0 Å². The molecule has 0 bridgehead atoms. The van der Waals surface area contributed by atoms with Crippen molar-refractivity contribution in [3.8, 4) is 16.9 Å². The van der Waals surface area contributed by atoms with E-state index in [-0.39, 0.29) is 22.3 Å². The van der Waals surface area contributed by atoms with Gasteiger partial charge >= 0.3 is 12.1 Å². The van der Waals surface area contributed by atoms with Crippen LogP contribution in [-0.2, 0) is 12.1 Å². The molecule has 0 saturated carbocycles. The van der Waals surface area contributed by atoms with Crippen LogP contribution < -0.4 is 5.56 Å². The summed E-state index contributed by atoms with van der Waals surface area (Å²) in [6.07, 6.45) is 1.29. The van der Waals surface area contributed by atoms with E-state index in [0.29, 0.717) is 0 Å². The summed E-state index contributed by atoms with van der Waals surface area (Å²) < 4.78 is 42.5. The molecule has 0 spiro atoms. The molecule has 4 aromatic rings. The summed E-state index contributed by atoms with van der Waals surface area (Å²) in [6.45, 7) is 0. The van der Waals surface area contributed by atoms with Gasteiger partial charge in [0.05, 0.1) is 22.2 Å². The average molecular weight is 445 g/mol. The first-order valence-corrected chi connectivity index (χ1v) is 9.04. The number of halogens is 3.